The van der Waals surface area contributed by atoms with Gasteiger partial charge in [-0.2, -0.15) is 5.10 Å². The van der Waals surface area contributed by atoms with Crippen LogP contribution in [0, 0.1) is 0 Å². The highest BCUT2D eigenvalue weighted by Gasteiger charge is 2.13. The Hall–Kier alpha value is -0.390. The number of hydrogen-bond donors (Lipinski definition) is 2. The number of aryl methyl sites for hydroxylation is 1. The van der Waals surface area contributed by atoms with Crippen LogP contribution in [0.25, 0.3) is 0 Å². The summed E-state index contributed by atoms with van der Waals surface area (Å²) in [6, 6.07) is -0.156. The molecule has 68 valence electrons. The molecule has 4 nitrogen and oxygen atoms in total. The van der Waals surface area contributed by atoms with Gasteiger partial charge in [0, 0.05) is 19.7 Å². The quantitative estimate of drug-likeness (QED) is 0.803. The average Bonchev–Trinajstić information content (AvgIpc) is 2.32. The zero-order valence-corrected chi connectivity index (χ0v) is 8.45. The second-order valence-corrected chi connectivity index (χ2v) is 3.47. The van der Waals surface area contributed by atoms with Crippen LogP contribution in [0.15, 0.2) is 10.7 Å². The van der Waals surface area contributed by atoms with Crippen LogP contribution in [-0.2, 0) is 7.05 Å². The molecular formula is C7H12BrN3O. The van der Waals surface area contributed by atoms with Crippen LogP contribution in [0.2, 0.25) is 0 Å². The molecule has 1 heterocycles. The van der Waals surface area contributed by atoms with Gasteiger partial charge in [0.25, 0.3) is 0 Å². The molecule has 0 aliphatic rings. The number of rotatable bonds is 3. The van der Waals surface area contributed by atoms with Crippen molar-refractivity contribution in [1.29, 1.82) is 0 Å². The first kappa shape index (κ1) is 9.70. The second-order valence-electron chi connectivity index (χ2n) is 2.62. The molecule has 0 aliphatic heterocycles. The van der Waals surface area contributed by atoms with Crippen LogP contribution in [0.5, 0.6) is 0 Å². The minimum atomic E-state index is -0.156. The Labute approximate surface area is 79.5 Å². The van der Waals surface area contributed by atoms with Crippen LogP contribution in [0.3, 0.4) is 0 Å². The predicted octanol–water partition coefficient (Wildman–Crippen LogP) is 0.565. The summed E-state index contributed by atoms with van der Waals surface area (Å²) >= 11 is 3.34. The van der Waals surface area contributed by atoms with E-state index in [1.165, 1.54) is 0 Å². The van der Waals surface area contributed by atoms with E-state index in [1.807, 2.05) is 7.05 Å². The molecule has 0 aromatic carbocycles. The highest BCUT2D eigenvalue weighted by atomic mass is 79.9. The van der Waals surface area contributed by atoms with Crippen molar-refractivity contribution < 1.29 is 5.11 Å². The van der Waals surface area contributed by atoms with E-state index in [2.05, 4.69) is 21.0 Å². The summed E-state index contributed by atoms with van der Waals surface area (Å²) in [5.41, 5.74) is 6.72. The summed E-state index contributed by atoms with van der Waals surface area (Å²) in [4.78, 5) is 0. The largest absolute Gasteiger partial charge is 0.396 e. The van der Waals surface area contributed by atoms with E-state index in [0.29, 0.717) is 6.42 Å². The number of hydrogen-bond acceptors (Lipinski definition) is 3. The van der Waals surface area contributed by atoms with Gasteiger partial charge in [-0.1, -0.05) is 0 Å². The minimum absolute atomic E-state index is 0.0960. The number of aliphatic hydroxyl groups excluding tert-OH is 1. The van der Waals surface area contributed by atoms with Crippen molar-refractivity contribution in [2.45, 2.75) is 12.5 Å². The Bertz CT molecular complexity index is 242. The molecule has 1 aromatic heterocycles. The lowest BCUT2D eigenvalue weighted by atomic mass is 10.1. The summed E-state index contributed by atoms with van der Waals surface area (Å²) in [7, 11) is 1.83. The van der Waals surface area contributed by atoms with E-state index >= 15 is 0 Å². The first-order chi connectivity index (χ1) is 5.66. The molecule has 1 atom stereocenters. The SMILES string of the molecule is Cn1ncc(Br)c1C(N)CCO. The fourth-order valence-corrected chi connectivity index (χ4v) is 1.76. The summed E-state index contributed by atoms with van der Waals surface area (Å²) in [6.07, 6.45) is 2.25. The van der Waals surface area contributed by atoms with E-state index in [9.17, 15) is 0 Å². The molecule has 3 N–H and O–H groups in total. The standard InChI is InChI=1S/C7H12BrN3O/c1-11-7(5(8)4-10-11)6(9)2-3-12/h4,6,12H,2-3,9H2,1H3. The maximum atomic E-state index is 8.69. The topological polar surface area (TPSA) is 64.1 Å². The van der Waals surface area contributed by atoms with Crippen molar-refractivity contribution in [2.24, 2.45) is 12.8 Å². The summed E-state index contributed by atoms with van der Waals surface area (Å²) < 4.78 is 2.61. The van der Waals surface area contributed by atoms with Crippen molar-refractivity contribution in [3.05, 3.63) is 16.4 Å². The molecule has 0 saturated heterocycles. The normalized spacial score (nSPS) is 13.3. The molecule has 0 saturated carbocycles. The molecule has 12 heavy (non-hydrogen) atoms. The van der Waals surface area contributed by atoms with Gasteiger partial charge in [0.1, 0.15) is 0 Å². The zero-order valence-electron chi connectivity index (χ0n) is 6.87. The second kappa shape index (κ2) is 4.02. The molecular weight excluding hydrogens is 222 g/mol. The lowest BCUT2D eigenvalue weighted by molar-refractivity contribution is 0.274. The predicted molar refractivity (Wildman–Crippen MR) is 49.5 cm³/mol. The van der Waals surface area contributed by atoms with E-state index < -0.39 is 0 Å². The lowest BCUT2D eigenvalue weighted by Crippen LogP contribution is -2.16. The highest BCUT2D eigenvalue weighted by molar-refractivity contribution is 9.10. The maximum absolute atomic E-state index is 8.69. The van der Waals surface area contributed by atoms with Gasteiger partial charge in [-0.15, -0.1) is 0 Å². The summed E-state index contributed by atoms with van der Waals surface area (Å²) in [5, 5.41) is 12.7. The van der Waals surface area contributed by atoms with E-state index in [4.69, 9.17) is 10.8 Å². The van der Waals surface area contributed by atoms with Crippen LogP contribution in [0.4, 0.5) is 0 Å². The minimum Gasteiger partial charge on any atom is -0.396 e. The molecule has 0 fully saturated rings. The van der Waals surface area contributed by atoms with E-state index in [1.54, 1.807) is 10.9 Å². The number of halogens is 1. The molecule has 0 radical (unpaired) electrons. The van der Waals surface area contributed by atoms with Gasteiger partial charge >= 0.3 is 0 Å². The van der Waals surface area contributed by atoms with Crippen LogP contribution in [0.1, 0.15) is 18.2 Å². The molecule has 5 heteroatoms. The van der Waals surface area contributed by atoms with E-state index in [0.717, 1.165) is 10.2 Å². The maximum Gasteiger partial charge on any atom is 0.0691 e. The lowest BCUT2D eigenvalue weighted by Gasteiger charge is -2.10. The number of nitrogens with two attached hydrogens (primary N) is 1. The Morgan fingerprint density at radius 2 is 2.50 bits per heavy atom. The first-order valence-electron chi connectivity index (χ1n) is 3.70. The van der Waals surface area contributed by atoms with Crippen molar-refractivity contribution in [3.8, 4) is 0 Å². The van der Waals surface area contributed by atoms with Crippen molar-refractivity contribution >= 4 is 15.9 Å². The third-order valence-corrected chi connectivity index (χ3v) is 2.34. The zero-order chi connectivity index (χ0) is 9.14. The van der Waals surface area contributed by atoms with Crippen molar-refractivity contribution in [3.63, 3.8) is 0 Å². The number of aliphatic hydroxyl groups is 1. The Kier molecular flexibility index (Phi) is 3.25. The monoisotopic (exact) mass is 233 g/mol. The van der Waals surface area contributed by atoms with Gasteiger partial charge in [0.15, 0.2) is 0 Å². The number of nitrogens with zero attached hydrogens (tertiary/aromatic N) is 2. The summed E-state index contributed by atoms with van der Waals surface area (Å²) in [5.74, 6) is 0. The molecule has 0 amide bonds. The third kappa shape index (κ3) is 1.85. The van der Waals surface area contributed by atoms with Gasteiger partial charge in [0.2, 0.25) is 0 Å². The van der Waals surface area contributed by atoms with Crippen LogP contribution >= 0.6 is 15.9 Å². The molecule has 0 aliphatic carbocycles. The fraction of sp³-hybridized carbons (Fsp3) is 0.571. The van der Waals surface area contributed by atoms with E-state index in [-0.39, 0.29) is 12.6 Å². The van der Waals surface area contributed by atoms with Gasteiger partial charge in [-0.05, 0) is 22.4 Å². The molecule has 1 unspecified atom stereocenters. The van der Waals surface area contributed by atoms with Gasteiger partial charge in [-0.3, -0.25) is 4.68 Å². The Morgan fingerprint density at radius 1 is 1.83 bits per heavy atom. The van der Waals surface area contributed by atoms with Crippen molar-refractivity contribution in [1.82, 2.24) is 9.78 Å². The molecule has 0 bridgehead atoms. The average molecular weight is 234 g/mol. The smallest absolute Gasteiger partial charge is 0.0691 e. The molecule has 1 rings (SSSR count). The fourth-order valence-electron chi connectivity index (χ4n) is 1.11. The Morgan fingerprint density at radius 3 is 2.92 bits per heavy atom. The Balaban J connectivity index is 2.85. The van der Waals surface area contributed by atoms with Crippen LogP contribution < -0.4 is 5.73 Å². The molecule has 1 aromatic rings. The number of aromatic nitrogens is 2. The van der Waals surface area contributed by atoms with Gasteiger partial charge in [0.05, 0.1) is 16.4 Å². The molecule has 0 spiro atoms. The van der Waals surface area contributed by atoms with Gasteiger partial charge < -0.3 is 10.8 Å². The highest BCUT2D eigenvalue weighted by Crippen LogP contribution is 2.22. The summed E-state index contributed by atoms with van der Waals surface area (Å²) in [6.45, 7) is 0.0960. The third-order valence-electron chi connectivity index (χ3n) is 1.73. The first-order valence-corrected chi connectivity index (χ1v) is 4.50. The van der Waals surface area contributed by atoms with Crippen LogP contribution in [-0.4, -0.2) is 21.5 Å². The van der Waals surface area contributed by atoms with Crippen molar-refractivity contribution in [2.75, 3.05) is 6.61 Å². The van der Waals surface area contributed by atoms with Gasteiger partial charge in [-0.25, -0.2) is 0 Å².